The molecule has 0 radical (unpaired) electrons. The maximum Gasteiger partial charge on any atom is 0.254 e. The molecule has 1 aliphatic heterocycles. The maximum absolute atomic E-state index is 13.5. The van der Waals surface area contributed by atoms with E-state index in [0.717, 1.165) is 6.07 Å². The lowest BCUT2D eigenvalue weighted by Gasteiger charge is -2.38. The van der Waals surface area contributed by atoms with Crippen LogP contribution in [0.3, 0.4) is 0 Å². The third-order valence-corrected chi connectivity index (χ3v) is 2.81. The largest absolute Gasteiger partial charge is 0.399 e. The zero-order chi connectivity index (χ0) is 12.5. The Labute approximate surface area is 98.9 Å². The molecule has 92 valence electrons. The first-order valence-electron chi connectivity index (χ1n) is 5.41. The number of nitrogens with one attached hydrogen (secondary N) is 1. The molecule has 0 aliphatic carbocycles. The van der Waals surface area contributed by atoms with Crippen molar-refractivity contribution in [2.24, 2.45) is 5.41 Å². The molecule has 0 spiro atoms. The van der Waals surface area contributed by atoms with Gasteiger partial charge in [0.1, 0.15) is 5.82 Å². The second-order valence-corrected chi connectivity index (χ2v) is 4.73. The molecule has 1 aromatic rings. The molecule has 1 aliphatic rings. The van der Waals surface area contributed by atoms with Crippen molar-refractivity contribution in [3.05, 3.63) is 29.6 Å². The molecule has 0 unspecified atom stereocenters. The van der Waals surface area contributed by atoms with Gasteiger partial charge in [0, 0.05) is 17.6 Å². The minimum absolute atomic E-state index is 0.0167. The molecule has 1 fully saturated rings. The van der Waals surface area contributed by atoms with E-state index >= 15 is 0 Å². The standard InChI is InChI=1S/C12H15FN2O2/c1-12(6-17-7-12)5-15-11(16)9-3-2-8(14)4-10(9)13/h2-4H,5-7,14H2,1H3,(H,15,16). The van der Waals surface area contributed by atoms with Crippen LogP contribution in [0.2, 0.25) is 0 Å². The highest BCUT2D eigenvalue weighted by molar-refractivity contribution is 5.94. The minimum Gasteiger partial charge on any atom is -0.399 e. The molecular formula is C12H15FN2O2. The van der Waals surface area contributed by atoms with Crippen molar-refractivity contribution in [3.63, 3.8) is 0 Å². The predicted molar refractivity (Wildman–Crippen MR) is 62.1 cm³/mol. The second kappa shape index (κ2) is 4.33. The van der Waals surface area contributed by atoms with E-state index in [1.54, 1.807) is 0 Å². The van der Waals surface area contributed by atoms with Crippen molar-refractivity contribution in [2.75, 3.05) is 25.5 Å². The van der Waals surface area contributed by atoms with Gasteiger partial charge in [-0.25, -0.2) is 4.39 Å². The van der Waals surface area contributed by atoms with Crippen LogP contribution < -0.4 is 11.1 Å². The molecule has 1 aromatic carbocycles. The fraction of sp³-hybridized carbons (Fsp3) is 0.417. The molecule has 4 nitrogen and oxygen atoms in total. The van der Waals surface area contributed by atoms with Gasteiger partial charge in [0.2, 0.25) is 0 Å². The number of rotatable bonds is 3. The van der Waals surface area contributed by atoms with Crippen molar-refractivity contribution in [3.8, 4) is 0 Å². The summed E-state index contributed by atoms with van der Waals surface area (Å²) in [5.41, 5.74) is 5.71. The number of carbonyl (C=O) groups excluding carboxylic acids is 1. The van der Waals surface area contributed by atoms with Crippen LogP contribution in [0.4, 0.5) is 10.1 Å². The Morgan fingerprint density at radius 1 is 1.59 bits per heavy atom. The van der Waals surface area contributed by atoms with Gasteiger partial charge in [0.05, 0.1) is 18.8 Å². The Kier molecular flexibility index (Phi) is 3.02. The van der Waals surface area contributed by atoms with Gasteiger partial charge in [-0.2, -0.15) is 0 Å². The number of ether oxygens (including phenoxy) is 1. The average Bonchev–Trinajstić information content (AvgIpc) is 2.23. The average molecular weight is 238 g/mol. The summed E-state index contributed by atoms with van der Waals surface area (Å²) in [6, 6.07) is 4.04. The van der Waals surface area contributed by atoms with E-state index in [4.69, 9.17) is 10.5 Å². The fourth-order valence-electron chi connectivity index (χ4n) is 1.66. The van der Waals surface area contributed by atoms with E-state index in [0.29, 0.717) is 25.4 Å². The quantitative estimate of drug-likeness (QED) is 0.777. The van der Waals surface area contributed by atoms with Crippen LogP contribution in [0.25, 0.3) is 0 Å². The SMILES string of the molecule is CC1(CNC(=O)c2ccc(N)cc2F)COC1. The summed E-state index contributed by atoms with van der Waals surface area (Å²) in [5.74, 6) is -1.02. The number of halogens is 1. The first-order chi connectivity index (χ1) is 8.00. The third-order valence-electron chi connectivity index (χ3n) is 2.81. The predicted octanol–water partition coefficient (Wildman–Crippen LogP) is 1.17. The molecule has 0 saturated carbocycles. The Hall–Kier alpha value is -1.62. The lowest BCUT2D eigenvalue weighted by molar-refractivity contribution is -0.0978. The monoisotopic (exact) mass is 238 g/mol. The van der Waals surface area contributed by atoms with E-state index in [9.17, 15) is 9.18 Å². The van der Waals surface area contributed by atoms with Crippen LogP contribution in [-0.4, -0.2) is 25.7 Å². The number of nitrogens with two attached hydrogens (primary N) is 1. The van der Waals surface area contributed by atoms with Crippen LogP contribution in [0.15, 0.2) is 18.2 Å². The summed E-state index contributed by atoms with van der Waals surface area (Å²) in [4.78, 5) is 11.7. The number of hydrogen-bond donors (Lipinski definition) is 2. The lowest BCUT2D eigenvalue weighted by atomic mass is 9.88. The van der Waals surface area contributed by atoms with E-state index in [1.165, 1.54) is 12.1 Å². The summed E-state index contributed by atoms with van der Waals surface area (Å²) in [7, 11) is 0. The van der Waals surface area contributed by atoms with Gasteiger partial charge in [0.15, 0.2) is 0 Å². The van der Waals surface area contributed by atoms with Gasteiger partial charge >= 0.3 is 0 Å². The second-order valence-electron chi connectivity index (χ2n) is 4.73. The van der Waals surface area contributed by atoms with Crippen LogP contribution in [0.5, 0.6) is 0 Å². The summed E-state index contributed by atoms with van der Waals surface area (Å²) >= 11 is 0. The zero-order valence-corrected chi connectivity index (χ0v) is 9.63. The Bertz CT molecular complexity index is 444. The van der Waals surface area contributed by atoms with Gasteiger partial charge in [0.25, 0.3) is 5.91 Å². The van der Waals surface area contributed by atoms with Gasteiger partial charge in [-0.15, -0.1) is 0 Å². The summed E-state index contributed by atoms with van der Waals surface area (Å²) in [6.45, 7) is 3.74. The summed E-state index contributed by atoms with van der Waals surface area (Å²) in [6.07, 6.45) is 0. The molecule has 0 bridgehead atoms. The molecule has 1 amide bonds. The normalized spacial score (nSPS) is 17.3. The molecule has 1 saturated heterocycles. The number of amides is 1. The zero-order valence-electron chi connectivity index (χ0n) is 9.63. The summed E-state index contributed by atoms with van der Waals surface area (Å²) in [5, 5.41) is 2.70. The number of carbonyl (C=O) groups is 1. The van der Waals surface area contributed by atoms with E-state index in [-0.39, 0.29) is 11.0 Å². The molecule has 0 atom stereocenters. The molecule has 0 aromatic heterocycles. The van der Waals surface area contributed by atoms with Gasteiger partial charge < -0.3 is 15.8 Å². The topological polar surface area (TPSA) is 64.4 Å². The van der Waals surface area contributed by atoms with Crippen molar-refractivity contribution >= 4 is 11.6 Å². The highest BCUT2D eigenvalue weighted by atomic mass is 19.1. The van der Waals surface area contributed by atoms with Crippen LogP contribution in [0.1, 0.15) is 17.3 Å². The number of hydrogen-bond acceptors (Lipinski definition) is 3. The van der Waals surface area contributed by atoms with Crippen LogP contribution >= 0.6 is 0 Å². The molecule has 2 rings (SSSR count). The Morgan fingerprint density at radius 3 is 2.82 bits per heavy atom. The van der Waals surface area contributed by atoms with Crippen LogP contribution in [0, 0.1) is 11.2 Å². The molecule has 17 heavy (non-hydrogen) atoms. The molecular weight excluding hydrogens is 223 g/mol. The molecule has 3 N–H and O–H groups in total. The van der Waals surface area contributed by atoms with Gasteiger partial charge in [-0.1, -0.05) is 6.92 Å². The highest BCUT2D eigenvalue weighted by Crippen LogP contribution is 2.25. The first kappa shape index (κ1) is 11.9. The summed E-state index contributed by atoms with van der Waals surface area (Å²) < 4.78 is 18.5. The van der Waals surface area contributed by atoms with Crippen molar-refractivity contribution in [1.82, 2.24) is 5.32 Å². The van der Waals surface area contributed by atoms with E-state index < -0.39 is 11.7 Å². The van der Waals surface area contributed by atoms with Crippen molar-refractivity contribution in [1.29, 1.82) is 0 Å². The number of anilines is 1. The molecule has 1 heterocycles. The van der Waals surface area contributed by atoms with Crippen molar-refractivity contribution < 1.29 is 13.9 Å². The Morgan fingerprint density at radius 2 is 2.29 bits per heavy atom. The highest BCUT2D eigenvalue weighted by Gasteiger charge is 2.33. The van der Waals surface area contributed by atoms with Crippen molar-refractivity contribution in [2.45, 2.75) is 6.92 Å². The van der Waals surface area contributed by atoms with E-state index in [1.807, 2.05) is 6.92 Å². The van der Waals surface area contributed by atoms with Gasteiger partial charge in [-0.05, 0) is 18.2 Å². The van der Waals surface area contributed by atoms with Crippen LogP contribution in [-0.2, 0) is 4.74 Å². The fourth-order valence-corrected chi connectivity index (χ4v) is 1.66. The third kappa shape index (κ3) is 2.55. The smallest absolute Gasteiger partial charge is 0.254 e. The first-order valence-corrected chi connectivity index (χ1v) is 5.41. The van der Waals surface area contributed by atoms with E-state index in [2.05, 4.69) is 5.32 Å². The number of nitrogen functional groups attached to an aromatic ring is 1. The lowest BCUT2D eigenvalue weighted by Crippen LogP contribution is -2.48. The molecule has 5 heteroatoms. The Balaban J connectivity index is 1.99. The number of benzene rings is 1. The maximum atomic E-state index is 13.5. The minimum atomic E-state index is -0.600. The van der Waals surface area contributed by atoms with Gasteiger partial charge in [-0.3, -0.25) is 4.79 Å².